The number of hydrogen-bond acceptors (Lipinski definition) is 5. The first-order valence-electron chi connectivity index (χ1n) is 5.80. The highest BCUT2D eigenvalue weighted by molar-refractivity contribution is 7.09. The van der Waals surface area contributed by atoms with Crippen LogP contribution >= 0.6 is 11.3 Å². The van der Waals surface area contributed by atoms with Gasteiger partial charge in [0.1, 0.15) is 5.84 Å². The van der Waals surface area contributed by atoms with Crippen LogP contribution in [0.1, 0.15) is 30.0 Å². The lowest BCUT2D eigenvalue weighted by atomic mass is 10.3. The summed E-state index contributed by atoms with van der Waals surface area (Å²) in [4.78, 5) is 6.84. The minimum atomic E-state index is 0.296. The number of nitrogens with two attached hydrogens (primary N) is 1. The molecule has 0 aromatic carbocycles. The number of hydrogen-bond donors (Lipinski definition) is 2. The van der Waals surface area contributed by atoms with Gasteiger partial charge in [-0.2, -0.15) is 0 Å². The number of aryl methyl sites for hydroxylation is 1. The SMILES string of the molecule is Cc1nc(CN(CCC(N)=NO)C2CC2)cs1. The molecule has 2 rings (SSSR count). The Morgan fingerprint density at radius 2 is 2.47 bits per heavy atom. The van der Waals surface area contributed by atoms with Crippen molar-refractivity contribution in [1.29, 1.82) is 0 Å². The van der Waals surface area contributed by atoms with Gasteiger partial charge in [0, 0.05) is 30.9 Å². The van der Waals surface area contributed by atoms with Crippen molar-refractivity contribution in [1.82, 2.24) is 9.88 Å². The smallest absolute Gasteiger partial charge is 0.140 e. The van der Waals surface area contributed by atoms with E-state index >= 15 is 0 Å². The Balaban J connectivity index is 1.89. The van der Waals surface area contributed by atoms with Gasteiger partial charge in [0.15, 0.2) is 0 Å². The van der Waals surface area contributed by atoms with Crippen LogP contribution < -0.4 is 5.73 Å². The maximum Gasteiger partial charge on any atom is 0.140 e. The Morgan fingerprint density at radius 3 is 3.00 bits per heavy atom. The molecule has 1 aliphatic rings. The molecule has 1 heterocycles. The summed E-state index contributed by atoms with van der Waals surface area (Å²) >= 11 is 1.68. The Bertz CT molecular complexity index is 400. The third kappa shape index (κ3) is 3.67. The first-order valence-corrected chi connectivity index (χ1v) is 6.68. The van der Waals surface area contributed by atoms with E-state index in [0.29, 0.717) is 18.3 Å². The van der Waals surface area contributed by atoms with E-state index in [9.17, 15) is 0 Å². The number of thiazole rings is 1. The molecule has 1 saturated carbocycles. The lowest BCUT2D eigenvalue weighted by Gasteiger charge is -2.20. The van der Waals surface area contributed by atoms with E-state index in [1.165, 1.54) is 12.8 Å². The van der Waals surface area contributed by atoms with Crippen LogP contribution in [-0.2, 0) is 6.54 Å². The number of nitrogens with zero attached hydrogens (tertiary/aromatic N) is 3. The standard InChI is InChI=1S/C11H18N4OS/c1-8-13-9(7-17-8)6-15(10-2-3-10)5-4-11(12)14-16/h7,10,16H,2-6H2,1H3,(H2,12,14). The summed E-state index contributed by atoms with van der Waals surface area (Å²) in [6.07, 6.45) is 3.11. The first-order chi connectivity index (χ1) is 8.19. The second-order valence-corrected chi connectivity index (χ2v) is 5.46. The minimum absolute atomic E-state index is 0.296. The maximum atomic E-state index is 8.53. The molecule has 5 nitrogen and oxygen atoms in total. The normalized spacial score (nSPS) is 16.7. The molecule has 0 atom stereocenters. The van der Waals surface area contributed by atoms with Gasteiger partial charge in [0.05, 0.1) is 10.7 Å². The van der Waals surface area contributed by atoms with Gasteiger partial charge < -0.3 is 10.9 Å². The zero-order chi connectivity index (χ0) is 12.3. The first kappa shape index (κ1) is 12.3. The molecule has 1 aromatic heterocycles. The third-order valence-corrected chi connectivity index (χ3v) is 3.70. The van der Waals surface area contributed by atoms with Gasteiger partial charge in [-0.25, -0.2) is 4.98 Å². The summed E-state index contributed by atoms with van der Waals surface area (Å²) in [7, 11) is 0. The van der Waals surface area contributed by atoms with Crippen LogP contribution in [0.3, 0.4) is 0 Å². The molecule has 3 N–H and O–H groups in total. The molecule has 0 spiro atoms. The molecular weight excluding hydrogens is 236 g/mol. The molecule has 0 bridgehead atoms. The Kier molecular flexibility index (Phi) is 3.96. The van der Waals surface area contributed by atoms with Crippen molar-refractivity contribution in [2.75, 3.05) is 6.54 Å². The quantitative estimate of drug-likeness (QED) is 0.349. The Morgan fingerprint density at radius 1 is 1.71 bits per heavy atom. The highest BCUT2D eigenvalue weighted by Crippen LogP contribution is 2.28. The second kappa shape index (κ2) is 5.46. The van der Waals surface area contributed by atoms with E-state index < -0.39 is 0 Å². The van der Waals surface area contributed by atoms with Crippen LogP contribution in [0.15, 0.2) is 10.5 Å². The van der Waals surface area contributed by atoms with Gasteiger partial charge >= 0.3 is 0 Å². The summed E-state index contributed by atoms with van der Waals surface area (Å²) < 4.78 is 0. The van der Waals surface area contributed by atoms with Gasteiger partial charge in [-0.1, -0.05) is 5.16 Å². The van der Waals surface area contributed by atoms with Crippen molar-refractivity contribution in [3.8, 4) is 0 Å². The zero-order valence-corrected chi connectivity index (χ0v) is 10.8. The largest absolute Gasteiger partial charge is 0.409 e. The van der Waals surface area contributed by atoms with Crippen molar-refractivity contribution in [2.45, 2.75) is 38.8 Å². The molecule has 0 aliphatic heterocycles. The van der Waals surface area contributed by atoms with E-state index in [-0.39, 0.29) is 0 Å². The molecule has 1 fully saturated rings. The highest BCUT2D eigenvalue weighted by Gasteiger charge is 2.29. The fraction of sp³-hybridized carbons (Fsp3) is 0.636. The summed E-state index contributed by atoms with van der Waals surface area (Å²) in [5.74, 6) is 0.296. The maximum absolute atomic E-state index is 8.53. The lowest BCUT2D eigenvalue weighted by molar-refractivity contribution is 0.257. The van der Waals surface area contributed by atoms with E-state index in [2.05, 4.69) is 20.4 Å². The van der Waals surface area contributed by atoms with Crippen molar-refractivity contribution < 1.29 is 5.21 Å². The monoisotopic (exact) mass is 254 g/mol. The molecule has 0 amide bonds. The summed E-state index contributed by atoms with van der Waals surface area (Å²) in [6, 6.07) is 0.656. The molecule has 1 aliphatic carbocycles. The van der Waals surface area contributed by atoms with E-state index in [4.69, 9.17) is 10.9 Å². The number of rotatable bonds is 6. The topological polar surface area (TPSA) is 74.7 Å². The van der Waals surface area contributed by atoms with Crippen molar-refractivity contribution in [3.63, 3.8) is 0 Å². The summed E-state index contributed by atoms with van der Waals surface area (Å²) in [5.41, 5.74) is 6.62. The molecular formula is C11H18N4OS. The Hall–Kier alpha value is -1.14. The fourth-order valence-electron chi connectivity index (χ4n) is 1.83. The van der Waals surface area contributed by atoms with Crippen LogP contribution in [0.25, 0.3) is 0 Å². The summed E-state index contributed by atoms with van der Waals surface area (Å²) in [5, 5.41) is 14.7. The average molecular weight is 254 g/mol. The molecule has 1 aromatic rings. The number of aromatic nitrogens is 1. The van der Waals surface area contributed by atoms with Crippen LogP contribution in [0.4, 0.5) is 0 Å². The fourth-order valence-corrected chi connectivity index (χ4v) is 2.43. The molecule has 6 heteroatoms. The van der Waals surface area contributed by atoms with E-state index in [1.807, 2.05) is 6.92 Å². The number of amidine groups is 1. The van der Waals surface area contributed by atoms with Gasteiger partial charge in [-0.05, 0) is 19.8 Å². The molecule has 0 unspecified atom stereocenters. The molecule has 0 saturated heterocycles. The predicted molar refractivity (Wildman–Crippen MR) is 68.3 cm³/mol. The van der Waals surface area contributed by atoms with Gasteiger partial charge in [0.2, 0.25) is 0 Å². The minimum Gasteiger partial charge on any atom is -0.409 e. The van der Waals surface area contributed by atoms with Gasteiger partial charge in [-0.3, -0.25) is 4.90 Å². The van der Waals surface area contributed by atoms with E-state index in [1.54, 1.807) is 11.3 Å². The van der Waals surface area contributed by atoms with Crippen LogP contribution in [0.2, 0.25) is 0 Å². The predicted octanol–water partition coefficient (Wildman–Crippen LogP) is 1.55. The van der Waals surface area contributed by atoms with E-state index in [0.717, 1.165) is 23.8 Å². The second-order valence-electron chi connectivity index (χ2n) is 4.40. The number of oxime groups is 1. The van der Waals surface area contributed by atoms with Gasteiger partial charge in [0.25, 0.3) is 0 Å². The molecule has 17 heavy (non-hydrogen) atoms. The van der Waals surface area contributed by atoms with Gasteiger partial charge in [-0.15, -0.1) is 11.3 Å². The van der Waals surface area contributed by atoms with Crippen molar-refractivity contribution in [3.05, 3.63) is 16.1 Å². The van der Waals surface area contributed by atoms with Crippen molar-refractivity contribution >= 4 is 17.2 Å². The summed E-state index contributed by atoms with van der Waals surface area (Å²) in [6.45, 7) is 3.72. The average Bonchev–Trinajstić information content (AvgIpc) is 3.08. The highest BCUT2D eigenvalue weighted by atomic mass is 32.1. The van der Waals surface area contributed by atoms with Crippen molar-refractivity contribution in [2.24, 2.45) is 10.9 Å². The third-order valence-electron chi connectivity index (χ3n) is 2.88. The molecule has 94 valence electrons. The zero-order valence-electron chi connectivity index (χ0n) is 9.96. The van der Waals surface area contributed by atoms with Crippen LogP contribution in [-0.4, -0.2) is 33.5 Å². The Labute approximate surface area is 105 Å². The van der Waals surface area contributed by atoms with Crippen LogP contribution in [0.5, 0.6) is 0 Å². The lowest BCUT2D eigenvalue weighted by Crippen LogP contribution is -2.30. The molecule has 0 radical (unpaired) electrons. The van der Waals surface area contributed by atoms with Crippen LogP contribution in [0, 0.1) is 6.92 Å².